The van der Waals surface area contributed by atoms with E-state index in [-0.39, 0.29) is 28.2 Å². The van der Waals surface area contributed by atoms with Crippen molar-refractivity contribution >= 4 is 39.0 Å². The molecule has 180 valence electrons. The van der Waals surface area contributed by atoms with E-state index in [4.69, 9.17) is 0 Å². The van der Waals surface area contributed by atoms with Crippen LogP contribution in [0.3, 0.4) is 0 Å². The van der Waals surface area contributed by atoms with Crippen LogP contribution in [0.15, 0.2) is 83.8 Å². The number of hydrogen-bond acceptors (Lipinski definition) is 5. The Labute approximate surface area is 204 Å². The predicted octanol–water partition coefficient (Wildman–Crippen LogP) is 3.93. The molecule has 2 N–H and O–H groups in total. The number of nitrogens with zero attached hydrogens (tertiary/aromatic N) is 1. The number of hydrogen-bond donors (Lipinski definition) is 2. The Bertz CT molecular complexity index is 1340. The van der Waals surface area contributed by atoms with E-state index in [1.54, 1.807) is 17.0 Å². The molecule has 0 radical (unpaired) electrons. The van der Waals surface area contributed by atoms with Gasteiger partial charge in [0.15, 0.2) is 5.78 Å². The number of ketones is 1. The third-order valence-corrected chi connectivity index (χ3v) is 7.21. The fourth-order valence-electron chi connectivity index (χ4n) is 3.96. The van der Waals surface area contributed by atoms with Crippen LogP contribution in [0, 0.1) is 0 Å². The van der Waals surface area contributed by atoms with Gasteiger partial charge in [-0.1, -0.05) is 30.3 Å². The second kappa shape index (κ2) is 10.1. The first kappa shape index (κ1) is 24.2. The highest BCUT2D eigenvalue weighted by Gasteiger charge is 2.34. The van der Waals surface area contributed by atoms with Crippen molar-refractivity contribution < 1.29 is 22.8 Å². The Balaban J connectivity index is 1.43. The molecule has 0 spiro atoms. The van der Waals surface area contributed by atoms with Gasteiger partial charge in [-0.3, -0.25) is 19.1 Å². The lowest BCUT2D eigenvalue weighted by atomic mass is 10.1. The highest BCUT2D eigenvalue weighted by atomic mass is 32.2. The van der Waals surface area contributed by atoms with E-state index in [1.165, 1.54) is 55.5 Å². The average molecular weight is 492 g/mol. The molecule has 4 rings (SSSR count). The molecule has 35 heavy (non-hydrogen) atoms. The molecule has 0 bridgehead atoms. The summed E-state index contributed by atoms with van der Waals surface area (Å²) in [6.45, 7) is 1.88. The molecule has 3 aromatic rings. The molecule has 1 fully saturated rings. The van der Waals surface area contributed by atoms with Crippen LogP contribution in [0.4, 0.5) is 11.4 Å². The zero-order valence-corrected chi connectivity index (χ0v) is 19.9. The average Bonchev–Trinajstić information content (AvgIpc) is 3.35. The monoisotopic (exact) mass is 491 g/mol. The molecule has 1 heterocycles. The number of sulfonamides is 1. The molecule has 0 aliphatic carbocycles. The number of nitrogens with one attached hydrogen (secondary N) is 2. The van der Waals surface area contributed by atoms with Crippen LogP contribution < -0.4 is 10.0 Å². The van der Waals surface area contributed by atoms with Crippen molar-refractivity contribution in [1.82, 2.24) is 4.90 Å². The van der Waals surface area contributed by atoms with E-state index in [2.05, 4.69) is 10.0 Å². The third kappa shape index (κ3) is 5.58. The summed E-state index contributed by atoms with van der Waals surface area (Å²) in [5.74, 6) is -0.674. The lowest BCUT2D eigenvalue weighted by Crippen LogP contribution is -2.43. The molecule has 8 nitrogen and oxygen atoms in total. The molecule has 1 saturated heterocycles. The van der Waals surface area contributed by atoms with E-state index in [0.717, 1.165) is 6.42 Å². The lowest BCUT2D eigenvalue weighted by Gasteiger charge is -2.24. The zero-order valence-electron chi connectivity index (χ0n) is 19.1. The smallest absolute Gasteiger partial charge is 0.261 e. The van der Waals surface area contributed by atoms with Crippen molar-refractivity contribution in [2.45, 2.75) is 30.7 Å². The van der Waals surface area contributed by atoms with Gasteiger partial charge in [-0.15, -0.1) is 0 Å². The fraction of sp³-hybridized carbons (Fsp3) is 0.192. The number of likely N-dealkylation sites (tertiary alicyclic amines) is 1. The van der Waals surface area contributed by atoms with Gasteiger partial charge in [0.25, 0.3) is 15.9 Å². The van der Waals surface area contributed by atoms with Crippen LogP contribution in [0.25, 0.3) is 0 Å². The molecular weight excluding hydrogens is 466 g/mol. The third-order valence-electron chi connectivity index (χ3n) is 5.81. The number of Topliss-reactive ketones (excluding diaryl/α,β-unsaturated/α-hetero) is 1. The van der Waals surface area contributed by atoms with Crippen molar-refractivity contribution in [1.29, 1.82) is 0 Å². The zero-order chi connectivity index (χ0) is 25.0. The maximum atomic E-state index is 13.1. The van der Waals surface area contributed by atoms with Crippen molar-refractivity contribution in [3.05, 3.63) is 90.0 Å². The Morgan fingerprint density at radius 2 is 1.46 bits per heavy atom. The molecule has 1 aliphatic heterocycles. The fourth-order valence-corrected chi connectivity index (χ4v) is 5.02. The van der Waals surface area contributed by atoms with E-state index in [9.17, 15) is 22.8 Å². The minimum Gasteiger partial charge on any atom is -0.327 e. The largest absolute Gasteiger partial charge is 0.327 e. The van der Waals surface area contributed by atoms with Crippen LogP contribution in [0.5, 0.6) is 0 Å². The van der Waals surface area contributed by atoms with Crippen molar-refractivity contribution in [3.63, 3.8) is 0 Å². The molecule has 1 atom stereocenters. The summed E-state index contributed by atoms with van der Waals surface area (Å²) in [6.07, 6.45) is 1.30. The van der Waals surface area contributed by atoms with Gasteiger partial charge in [-0.05, 0) is 68.3 Å². The first-order valence-corrected chi connectivity index (χ1v) is 12.6. The molecule has 0 unspecified atom stereocenters. The van der Waals surface area contributed by atoms with E-state index in [0.29, 0.717) is 29.8 Å². The van der Waals surface area contributed by atoms with Gasteiger partial charge < -0.3 is 10.2 Å². The standard InChI is InChI=1S/C26H25N3O5S/c1-18(30)19-11-15-23(16-12-19)35(33,34)28-22-13-9-20(10-14-22)26(32)29-17-5-8-24(29)25(31)27-21-6-3-2-4-7-21/h2-4,6-7,9-16,24,28H,5,8,17H2,1H3,(H,27,31)/t24-/m0/s1. The summed E-state index contributed by atoms with van der Waals surface area (Å²) < 4.78 is 27.8. The number of carbonyl (C=O) groups excluding carboxylic acids is 3. The highest BCUT2D eigenvalue weighted by Crippen LogP contribution is 2.23. The molecule has 3 aromatic carbocycles. The molecule has 1 aliphatic rings. The normalized spacial score (nSPS) is 15.5. The van der Waals surface area contributed by atoms with Gasteiger partial charge in [-0.25, -0.2) is 8.42 Å². The Hall–Kier alpha value is -3.98. The van der Waals surface area contributed by atoms with Gasteiger partial charge in [0.05, 0.1) is 4.90 Å². The Morgan fingerprint density at radius 3 is 2.09 bits per heavy atom. The summed E-state index contributed by atoms with van der Waals surface area (Å²) in [7, 11) is -3.86. The topological polar surface area (TPSA) is 113 Å². The molecule has 2 amide bonds. The summed E-state index contributed by atoms with van der Waals surface area (Å²) in [5, 5.41) is 2.85. The number of carbonyl (C=O) groups is 3. The summed E-state index contributed by atoms with van der Waals surface area (Å²) in [6, 6.07) is 20.2. The van der Waals surface area contributed by atoms with Crippen LogP contribution >= 0.6 is 0 Å². The quantitative estimate of drug-likeness (QED) is 0.486. The molecular formula is C26H25N3O5S. The first-order chi connectivity index (χ1) is 16.7. The van der Waals surface area contributed by atoms with Gasteiger partial charge in [0, 0.05) is 29.0 Å². The second-order valence-electron chi connectivity index (χ2n) is 8.28. The van der Waals surface area contributed by atoms with Crippen LogP contribution in [-0.4, -0.2) is 43.5 Å². The van der Waals surface area contributed by atoms with Crippen LogP contribution in [-0.2, 0) is 14.8 Å². The summed E-state index contributed by atoms with van der Waals surface area (Å²) in [5.41, 5.74) is 1.74. The van der Waals surface area contributed by atoms with E-state index >= 15 is 0 Å². The van der Waals surface area contributed by atoms with Crippen molar-refractivity contribution in [2.75, 3.05) is 16.6 Å². The van der Waals surface area contributed by atoms with Gasteiger partial charge >= 0.3 is 0 Å². The lowest BCUT2D eigenvalue weighted by molar-refractivity contribution is -0.119. The van der Waals surface area contributed by atoms with Crippen LogP contribution in [0.1, 0.15) is 40.5 Å². The summed E-state index contributed by atoms with van der Waals surface area (Å²) in [4.78, 5) is 38.8. The van der Waals surface area contributed by atoms with Gasteiger partial charge in [-0.2, -0.15) is 0 Å². The first-order valence-electron chi connectivity index (χ1n) is 11.2. The molecule has 0 saturated carbocycles. The van der Waals surface area contributed by atoms with E-state index < -0.39 is 16.1 Å². The molecule has 0 aromatic heterocycles. The molecule has 9 heteroatoms. The van der Waals surface area contributed by atoms with Crippen molar-refractivity contribution in [3.8, 4) is 0 Å². The maximum Gasteiger partial charge on any atom is 0.261 e. The SMILES string of the molecule is CC(=O)c1ccc(S(=O)(=O)Nc2ccc(C(=O)N3CCC[C@H]3C(=O)Nc3ccccc3)cc2)cc1. The van der Waals surface area contributed by atoms with Crippen molar-refractivity contribution in [2.24, 2.45) is 0 Å². The number of rotatable bonds is 7. The minimum atomic E-state index is -3.86. The Kier molecular flexibility index (Phi) is 6.97. The minimum absolute atomic E-state index is 0.0204. The highest BCUT2D eigenvalue weighted by molar-refractivity contribution is 7.92. The number of benzene rings is 3. The van der Waals surface area contributed by atoms with Crippen LogP contribution in [0.2, 0.25) is 0 Å². The summed E-state index contributed by atoms with van der Waals surface area (Å²) >= 11 is 0. The number of anilines is 2. The van der Waals surface area contributed by atoms with Gasteiger partial charge in [0.1, 0.15) is 6.04 Å². The second-order valence-corrected chi connectivity index (χ2v) is 9.96. The Morgan fingerprint density at radius 1 is 0.829 bits per heavy atom. The number of para-hydroxylation sites is 1. The van der Waals surface area contributed by atoms with Gasteiger partial charge in [0.2, 0.25) is 5.91 Å². The number of amides is 2. The van der Waals surface area contributed by atoms with E-state index in [1.807, 2.05) is 18.2 Å². The maximum absolute atomic E-state index is 13.1. The predicted molar refractivity (Wildman–Crippen MR) is 133 cm³/mol.